The van der Waals surface area contributed by atoms with Crippen LogP contribution >= 0.6 is 0 Å². The van der Waals surface area contributed by atoms with Crippen LogP contribution in [-0.4, -0.2) is 25.0 Å². The molecule has 162 valence electrons. The van der Waals surface area contributed by atoms with Crippen LogP contribution in [0.1, 0.15) is 60.0 Å². The lowest BCUT2D eigenvalue weighted by Crippen LogP contribution is -2.34. The third kappa shape index (κ3) is 6.18. The Morgan fingerprint density at radius 2 is 1.71 bits per heavy atom. The van der Waals surface area contributed by atoms with Gasteiger partial charge < -0.3 is 10.1 Å². The molecule has 2 amide bonds. The van der Waals surface area contributed by atoms with Gasteiger partial charge in [-0.1, -0.05) is 24.3 Å². The summed E-state index contributed by atoms with van der Waals surface area (Å²) in [5, 5.41) is 2.71. The summed E-state index contributed by atoms with van der Waals surface area (Å²) in [6.45, 7) is 2.81. The Labute approximate surface area is 182 Å². The Balaban J connectivity index is 1.44. The molecule has 2 aliphatic carbocycles. The van der Waals surface area contributed by atoms with Gasteiger partial charge in [-0.3, -0.25) is 14.4 Å². The van der Waals surface area contributed by atoms with Gasteiger partial charge in [0.2, 0.25) is 0 Å². The first-order valence-corrected chi connectivity index (χ1v) is 10.9. The van der Waals surface area contributed by atoms with Crippen LogP contribution in [0, 0.1) is 5.92 Å². The monoisotopic (exact) mass is 420 g/mol. The van der Waals surface area contributed by atoms with Gasteiger partial charge in [-0.25, -0.2) is 5.48 Å². The molecular formula is C25H28N2O4. The van der Waals surface area contributed by atoms with Crippen LogP contribution < -0.4 is 15.5 Å². The number of benzene rings is 2. The van der Waals surface area contributed by atoms with E-state index in [9.17, 15) is 9.59 Å². The summed E-state index contributed by atoms with van der Waals surface area (Å²) in [4.78, 5) is 30.3. The van der Waals surface area contributed by atoms with Gasteiger partial charge in [-0.05, 0) is 85.9 Å². The van der Waals surface area contributed by atoms with Crippen molar-refractivity contribution in [2.24, 2.45) is 5.92 Å². The van der Waals surface area contributed by atoms with Crippen LogP contribution in [0.5, 0.6) is 5.75 Å². The standard InChI is InChI=1S/C25H28N2O4/c1-2-31-27-25(29)23(15-17-5-7-19(8-6-17)20-9-10-20)26-24(28)21-11-13-22(14-12-21)30-16-18-3-4-18/h5-8,11-15,18,20H,2-4,9-10,16H2,1H3,(H,26,28)(H,27,29)/b23-15-. The second-order valence-corrected chi connectivity index (χ2v) is 8.10. The Kier molecular flexibility index (Phi) is 6.67. The molecule has 2 aromatic carbocycles. The average Bonchev–Trinajstić information content (AvgIpc) is 3.70. The Bertz CT molecular complexity index is 942. The molecule has 2 fully saturated rings. The minimum atomic E-state index is -0.508. The van der Waals surface area contributed by atoms with Gasteiger partial charge in [0.1, 0.15) is 11.4 Å². The van der Waals surface area contributed by atoms with E-state index in [4.69, 9.17) is 9.57 Å². The molecule has 0 heterocycles. The topological polar surface area (TPSA) is 76.7 Å². The normalized spacial score (nSPS) is 16.0. The number of amides is 2. The van der Waals surface area contributed by atoms with Crippen molar-refractivity contribution in [2.45, 2.75) is 38.5 Å². The molecule has 2 aromatic rings. The molecule has 0 radical (unpaired) electrons. The number of hydrogen-bond donors (Lipinski definition) is 2. The predicted octanol–water partition coefficient (Wildman–Crippen LogP) is 4.19. The maximum absolute atomic E-state index is 12.7. The van der Waals surface area contributed by atoms with Crippen molar-refractivity contribution >= 4 is 17.9 Å². The smallest absolute Gasteiger partial charge is 0.291 e. The van der Waals surface area contributed by atoms with Crippen molar-refractivity contribution in [2.75, 3.05) is 13.2 Å². The highest BCUT2D eigenvalue weighted by atomic mass is 16.6. The predicted molar refractivity (Wildman–Crippen MR) is 118 cm³/mol. The van der Waals surface area contributed by atoms with E-state index in [1.807, 2.05) is 12.1 Å². The first kappa shape index (κ1) is 21.1. The lowest BCUT2D eigenvalue weighted by Gasteiger charge is -2.11. The molecule has 0 aromatic heterocycles. The maximum atomic E-state index is 12.7. The zero-order valence-corrected chi connectivity index (χ0v) is 17.7. The van der Waals surface area contributed by atoms with E-state index >= 15 is 0 Å². The van der Waals surface area contributed by atoms with Gasteiger partial charge in [0, 0.05) is 5.56 Å². The lowest BCUT2D eigenvalue weighted by atomic mass is 10.1. The summed E-state index contributed by atoms with van der Waals surface area (Å²) < 4.78 is 5.71. The molecular weight excluding hydrogens is 392 g/mol. The first-order valence-electron chi connectivity index (χ1n) is 10.9. The van der Waals surface area contributed by atoms with Gasteiger partial charge in [0.15, 0.2) is 0 Å². The van der Waals surface area contributed by atoms with E-state index in [-0.39, 0.29) is 11.6 Å². The van der Waals surface area contributed by atoms with Crippen LogP contribution in [0.25, 0.3) is 6.08 Å². The lowest BCUT2D eigenvalue weighted by molar-refractivity contribution is -0.129. The van der Waals surface area contributed by atoms with Crippen LogP contribution in [0.15, 0.2) is 54.2 Å². The Morgan fingerprint density at radius 3 is 2.32 bits per heavy atom. The van der Waals surface area contributed by atoms with Crippen molar-refractivity contribution < 1.29 is 19.2 Å². The van der Waals surface area contributed by atoms with E-state index in [0.717, 1.165) is 17.9 Å². The Hall–Kier alpha value is -3.12. The molecule has 0 aliphatic heterocycles. The summed E-state index contributed by atoms with van der Waals surface area (Å²) in [5.74, 6) is 1.18. The molecule has 0 bridgehead atoms. The second kappa shape index (κ2) is 9.79. The van der Waals surface area contributed by atoms with Crippen LogP contribution in [-0.2, 0) is 9.63 Å². The maximum Gasteiger partial charge on any atom is 0.291 e. The zero-order valence-electron chi connectivity index (χ0n) is 17.7. The number of hydrogen-bond acceptors (Lipinski definition) is 4. The van der Waals surface area contributed by atoms with Crippen LogP contribution in [0.4, 0.5) is 0 Å². The first-order chi connectivity index (χ1) is 15.1. The third-order valence-corrected chi connectivity index (χ3v) is 5.40. The number of ether oxygens (including phenoxy) is 1. The third-order valence-electron chi connectivity index (χ3n) is 5.40. The summed E-state index contributed by atoms with van der Waals surface area (Å²) in [6, 6.07) is 15.0. The number of carbonyl (C=O) groups is 2. The fourth-order valence-corrected chi connectivity index (χ4v) is 3.19. The van der Waals surface area contributed by atoms with Gasteiger partial charge in [-0.15, -0.1) is 0 Å². The van der Waals surface area contributed by atoms with Gasteiger partial charge >= 0.3 is 0 Å². The second-order valence-electron chi connectivity index (χ2n) is 8.10. The molecule has 0 spiro atoms. The number of hydroxylamine groups is 1. The van der Waals surface area contributed by atoms with Crippen molar-refractivity contribution in [1.29, 1.82) is 0 Å². The average molecular weight is 421 g/mol. The minimum absolute atomic E-state index is 0.117. The minimum Gasteiger partial charge on any atom is -0.493 e. The van der Waals surface area contributed by atoms with Crippen molar-refractivity contribution in [3.05, 3.63) is 70.9 Å². The fraction of sp³-hybridized carbons (Fsp3) is 0.360. The van der Waals surface area contributed by atoms with Crippen LogP contribution in [0.3, 0.4) is 0 Å². The van der Waals surface area contributed by atoms with E-state index in [0.29, 0.717) is 24.0 Å². The SMILES string of the molecule is CCONC(=O)/C(=C/c1ccc(C2CC2)cc1)NC(=O)c1ccc(OCC2CC2)cc1. The molecule has 0 unspecified atom stereocenters. The van der Waals surface area contributed by atoms with Crippen molar-refractivity contribution in [3.8, 4) is 5.75 Å². The van der Waals surface area contributed by atoms with Gasteiger partial charge in [-0.2, -0.15) is 0 Å². The fourth-order valence-electron chi connectivity index (χ4n) is 3.19. The highest BCUT2D eigenvalue weighted by Crippen LogP contribution is 2.40. The van der Waals surface area contributed by atoms with E-state index in [2.05, 4.69) is 22.9 Å². The molecule has 2 saturated carbocycles. The number of carbonyl (C=O) groups excluding carboxylic acids is 2. The quantitative estimate of drug-likeness (QED) is 0.446. The van der Waals surface area contributed by atoms with E-state index in [1.165, 1.54) is 31.2 Å². The summed E-state index contributed by atoms with van der Waals surface area (Å²) in [7, 11) is 0. The largest absolute Gasteiger partial charge is 0.493 e. The molecule has 2 N–H and O–H groups in total. The molecule has 4 rings (SSSR count). The molecule has 2 aliphatic rings. The zero-order chi connectivity index (χ0) is 21.6. The molecule has 0 atom stereocenters. The van der Waals surface area contributed by atoms with Gasteiger partial charge in [0.05, 0.1) is 13.2 Å². The number of nitrogens with one attached hydrogen (secondary N) is 2. The van der Waals surface area contributed by atoms with E-state index in [1.54, 1.807) is 37.3 Å². The summed E-state index contributed by atoms with van der Waals surface area (Å²) in [6.07, 6.45) is 6.57. The molecule has 6 nitrogen and oxygen atoms in total. The summed E-state index contributed by atoms with van der Waals surface area (Å²) in [5.41, 5.74) is 5.05. The summed E-state index contributed by atoms with van der Waals surface area (Å²) >= 11 is 0. The van der Waals surface area contributed by atoms with Crippen LogP contribution in [0.2, 0.25) is 0 Å². The van der Waals surface area contributed by atoms with E-state index < -0.39 is 5.91 Å². The number of rotatable bonds is 10. The molecule has 31 heavy (non-hydrogen) atoms. The van der Waals surface area contributed by atoms with Crippen molar-refractivity contribution in [3.63, 3.8) is 0 Å². The Morgan fingerprint density at radius 1 is 1.00 bits per heavy atom. The highest BCUT2D eigenvalue weighted by molar-refractivity contribution is 6.05. The van der Waals surface area contributed by atoms with Crippen molar-refractivity contribution in [1.82, 2.24) is 10.8 Å². The molecule has 6 heteroatoms. The molecule has 0 saturated heterocycles. The van der Waals surface area contributed by atoms with Gasteiger partial charge in [0.25, 0.3) is 11.8 Å². The highest BCUT2D eigenvalue weighted by Gasteiger charge is 2.23.